The molecule has 4 heteroatoms. The third-order valence-electron chi connectivity index (χ3n) is 2.59. The Kier molecular flexibility index (Phi) is 4.87. The fourth-order valence-corrected chi connectivity index (χ4v) is 3.18. The second-order valence-corrected chi connectivity index (χ2v) is 5.00. The lowest BCUT2D eigenvalue weighted by Gasteiger charge is -2.14. The van der Waals surface area contributed by atoms with Crippen molar-refractivity contribution in [1.29, 1.82) is 0 Å². The zero-order valence-corrected chi connectivity index (χ0v) is 9.63. The van der Waals surface area contributed by atoms with E-state index < -0.39 is 0 Å². The van der Waals surface area contributed by atoms with Gasteiger partial charge < -0.3 is 4.74 Å². The molecule has 2 aliphatic heterocycles. The molecule has 2 aliphatic rings. The summed E-state index contributed by atoms with van der Waals surface area (Å²) in [6.45, 7) is 3.08. The van der Waals surface area contributed by atoms with Crippen LogP contribution >= 0.6 is 24.2 Å². The monoisotopic (exact) mass is 223 g/mol. The number of hydrogen-bond donors (Lipinski definition) is 1. The van der Waals surface area contributed by atoms with Gasteiger partial charge in [0, 0.05) is 6.04 Å². The van der Waals surface area contributed by atoms with E-state index in [1.807, 2.05) is 0 Å². The molecular formula is C9H18ClNOS. The third-order valence-corrected chi connectivity index (χ3v) is 3.82. The van der Waals surface area contributed by atoms with E-state index in [2.05, 4.69) is 24.0 Å². The molecule has 78 valence electrons. The molecule has 13 heavy (non-hydrogen) atoms. The second-order valence-electron chi connectivity index (χ2n) is 3.86. The molecule has 3 unspecified atom stereocenters. The molecule has 1 N–H and O–H groups in total. The van der Waals surface area contributed by atoms with Gasteiger partial charge in [-0.05, 0) is 37.2 Å². The molecule has 0 spiro atoms. The Morgan fingerprint density at radius 2 is 2.38 bits per heavy atom. The molecule has 0 aromatic rings. The summed E-state index contributed by atoms with van der Waals surface area (Å²) >= 11 is 2.08. The molecule has 0 aromatic heterocycles. The lowest BCUT2D eigenvalue weighted by Crippen LogP contribution is -2.30. The maximum Gasteiger partial charge on any atom is 0.108 e. The van der Waals surface area contributed by atoms with Gasteiger partial charge in [-0.25, -0.2) is 0 Å². The second kappa shape index (κ2) is 5.44. The summed E-state index contributed by atoms with van der Waals surface area (Å²) in [5, 5.41) is 3.45. The van der Waals surface area contributed by atoms with Crippen molar-refractivity contribution < 1.29 is 4.74 Å². The van der Waals surface area contributed by atoms with Crippen molar-refractivity contribution in [1.82, 2.24) is 5.32 Å². The number of thioether (sulfide) groups is 1. The van der Waals surface area contributed by atoms with E-state index in [9.17, 15) is 0 Å². The van der Waals surface area contributed by atoms with E-state index >= 15 is 0 Å². The third kappa shape index (κ3) is 3.31. The van der Waals surface area contributed by atoms with Crippen LogP contribution in [0.25, 0.3) is 0 Å². The average molecular weight is 224 g/mol. The molecule has 0 saturated carbocycles. The zero-order valence-electron chi connectivity index (χ0n) is 7.99. The standard InChI is InChI=1S/C9H17NOS.ClH/c1-7-5-11-9(10-7)4-8-2-3-12-6-8;/h7-10H,2-6H2,1H3;1H. The van der Waals surface area contributed by atoms with Gasteiger partial charge in [0.15, 0.2) is 0 Å². The van der Waals surface area contributed by atoms with Gasteiger partial charge in [0.25, 0.3) is 0 Å². The van der Waals surface area contributed by atoms with Gasteiger partial charge in [-0.3, -0.25) is 5.32 Å². The predicted molar refractivity (Wildman–Crippen MR) is 59.6 cm³/mol. The molecule has 2 nitrogen and oxygen atoms in total. The van der Waals surface area contributed by atoms with Crippen LogP contribution in [0.1, 0.15) is 19.8 Å². The highest BCUT2D eigenvalue weighted by Gasteiger charge is 2.25. The Morgan fingerprint density at radius 1 is 1.54 bits per heavy atom. The summed E-state index contributed by atoms with van der Waals surface area (Å²) in [4.78, 5) is 0. The molecule has 0 aromatic carbocycles. The van der Waals surface area contributed by atoms with Crippen LogP contribution in [0.2, 0.25) is 0 Å². The topological polar surface area (TPSA) is 21.3 Å². The van der Waals surface area contributed by atoms with Gasteiger partial charge in [0.2, 0.25) is 0 Å². The van der Waals surface area contributed by atoms with E-state index in [-0.39, 0.29) is 12.4 Å². The molecule has 2 fully saturated rings. The predicted octanol–water partition coefficient (Wildman–Crippen LogP) is 1.89. The number of rotatable bonds is 2. The molecule has 0 bridgehead atoms. The van der Waals surface area contributed by atoms with Crippen LogP contribution in [0.5, 0.6) is 0 Å². The summed E-state index contributed by atoms with van der Waals surface area (Å²) in [5.41, 5.74) is 0. The van der Waals surface area contributed by atoms with Crippen LogP contribution in [-0.4, -0.2) is 30.4 Å². The highest BCUT2D eigenvalue weighted by atomic mass is 35.5. The lowest BCUT2D eigenvalue weighted by atomic mass is 10.0. The molecule has 3 atom stereocenters. The lowest BCUT2D eigenvalue weighted by molar-refractivity contribution is 0.0819. The van der Waals surface area contributed by atoms with Crippen molar-refractivity contribution in [3.8, 4) is 0 Å². The van der Waals surface area contributed by atoms with Crippen molar-refractivity contribution >= 4 is 24.2 Å². The zero-order chi connectivity index (χ0) is 8.39. The van der Waals surface area contributed by atoms with Crippen molar-refractivity contribution in [2.45, 2.75) is 32.0 Å². The highest BCUT2D eigenvalue weighted by Crippen LogP contribution is 2.28. The number of hydrogen-bond acceptors (Lipinski definition) is 3. The van der Waals surface area contributed by atoms with Crippen LogP contribution in [0.15, 0.2) is 0 Å². The number of ether oxygens (including phenoxy) is 1. The summed E-state index contributed by atoms with van der Waals surface area (Å²) in [6, 6.07) is 0.559. The van der Waals surface area contributed by atoms with Crippen LogP contribution in [0, 0.1) is 5.92 Å². The Bertz CT molecular complexity index is 153. The summed E-state index contributed by atoms with van der Waals surface area (Å²) in [5.74, 6) is 3.60. The molecule has 0 radical (unpaired) electrons. The van der Waals surface area contributed by atoms with Crippen molar-refractivity contribution in [2.24, 2.45) is 5.92 Å². The Morgan fingerprint density at radius 3 is 2.92 bits per heavy atom. The highest BCUT2D eigenvalue weighted by molar-refractivity contribution is 7.99. The first kappa shape index (κ1) is 11.6. The Balaban J connectivity index is 0.000000845. The van der Waals surface area contributed by atoms with Crippen LogP contribution in [0.4, 0.5) is 0 Å². The Labute approximate surface area is 90.6 Å². The number of nitrogens with one attached hydrogen (secondary N) is 1. The largest absolute Gasteiger partial charge is 0.362 e. The van der Waals surface area contributed by atoms with Crippen molar-refractivity contribution in [2.75, 3.05) is 18.1 Å². The summed E-state index contributed by atoms with van der Waals surface area (Å²) < 4.78 is 5.61. The molecular weight excluding hydrogens is 206 g/mol. The molecule has 0 amide bonds. The van der Waals surface area contributed by atoms with Gasteiger partial charge >= 0.3 is 0 Å². The first-order valence-corrected chi connectivity index (χ1v) is 5.95. The minimum Gasteiger partial charge on any atom is -0.362 e. The van der Waals surface area contributed by atoms with Gasteiger partial charge in [-0.1, -0.05) is 0 Å². The smallest absolute Gasteiger partial charge is 0.108 e. The van der Waals surface area contributed by atoms with Crippen LogP contribution < -0.4 is 5.32 Å². The van der Waals surface area contributed by atoms with Gasteiger partial charge in [0.1, 0.15) is 6.23 Å². The van der Waals surface area contributed by atoms with E-state index in [1.54, 1.807) is 0 Å². The van der Waals surface area contributed by atoms with E-state index in [0.717, 1.165) is 12.5 Å². The fourth-order valence-electron chi connectivity index (χ4n) is 1.88. The minimum absolute atomic E-state index is 0. The summed E-state index contributed by atoms with van der Waals surface area (Å²) in [7, 11) is 0. The first-order valence-electron chi connectivity index (χ1n) is 4.80. The minimum atomic E-state index is 0. The average Bonchev–Trinajstić information content (AvgIpc) is 2.63. The molecule has 2 heterocycles. The van der Waals surface area contributed by atoms with Crippen LogP contribution in [-0.2, 0) is 4.74 Å². The maximum atomic E-state index is 5.61. The van der Waals surface area contributed by atoms with E-state index in [4.69, 9.17) is 4.74 Å². The first-order chi connectivity index (χ1) is 5.84. The van der Waals surface area contributed by atoms with Crippen molar-refractivity contribution in [3.05, 3.63) is 0 Å². The van der Waals surface area contributed by atoms with E-state index in [1.165, 1.54) is 24.3 Å². The van der Waals surface area contributed by atoms with E-state index in [0.29, 0.717) is 12.3 Å². The maximum absolute atomic E-state index is 5.61. The van der Waals surface area contributed by atoms with Gasteiger partial charge in [0.05, 0.1) is 6.61 Å². The van der Waals surface area contributed by atoms with Gasteiger partial charge in [-0.15, -0.1) is 12.4 Å². The molecule has 0 aliphatic carbocycles. The van der Waals surface area contributed by atoms with Crippen LogP contribution in [0.3, 0.4) is 0 Å². The fraction of sp³-hybridized carbons (Fsp3) is 1.00. The summed E-state index contributed by atoms with van der Waals surface area (Å²) in [6.07, 6.45) is 2.96. The quantitative estimate of drug-likeness (QED) is 0.773. The van der Waals surface area contributed by atoms with Gasteiger partial charge in [-0.2, -0.15) is 11.8 Å². The van der Waals surface area contributed by atoms with Crippen molar-refractivity contribution in [3.63, 3.8) is 0 Å². The Hall–Kier alpha value is 0.560. The molecule has 2 rings (SSSR count). The SMILES string of the molecule is CC1COC(CC2CCSC2)N1.Cl. The number of halogens is 1. The normalized spacial score (nSPS) is 39.0. The molecule has 2 saturated heterocycles.